The molecule has 2 aliphatic heterocycles. The van der Waals surface area contributed by atoms with E-state index in [1.54, 1.807) is 24.3 Å². The second kappa shape index (κ2) is 6.54. The number of nitrogens with zero attached hydrogens (tertiary/aromatic N) is 1. The molecule has 0 N–H and O–H groups in total. The van der Waals surface area contributed by atoms with Gasteiger partial charge in [0.1, 0.15) is 5.75 Å². The van der Waals surface area contributed by atoms with Crippen LogP contribution in [-0.4, -0.2) is 57.8 Å². The minimum absolute atomic E-state index is 0.191. The van der Waals surface area contributed by atoms with Gasteiger partial charge < -0.3 is 14.2 Å². The Labute approximate surface area is 149 Å². The van der Waals surface area contributed by atoms with Crippen molar-refractivity contribution in [3.8, 4) is 5.75 Å². The Hall–Kier alpha value is -1.15. The largest absolute Gasteiger partial charge is 0.497 e. The predicted molar refractivity (Wildman–Crippen MR) is 92.1 cm³/mol. The SMILES string of the molecule is COc1cccc(S(=O)(=O)N2CC3(C[C@@H](OCC4CC4)CCO3)C2)c1. The summed E-state index contributed by atoms with van der Waals surface area (Å²) in [5, 5.41) is 0. The minimum atomic E-state index is -3.51. The van der Waals surface area contributed by atoms with E-state index in [0.717, 1.165) is 25.4 Å². The molecule has 138 valence electrons. The van der Waals surface area contributed by atoms with E-state index in [-0.39, 0.29) is 16.6 Å². The molecule has 1 aliphatic carbocycles. The van der Waals surface area contributed by atoms with Gasteiger partial charge in [0.05, 0.1) is 23.7 Å². The third-order valence-electron chi connectivity index (χ3n) is 5.32. The highest BCUT2D eigenvalue weighted by atomic mass is 32.2. The maximum absolute atomic E-state index is 12.8. The lowest BCUT2D eigenvalue weighted by Crippen LogP contribution is -2.67. The van der Waals surface area contributed by atoms with Crippen LogP contribution in [0.2, 0.25) is 0 Å². The quantitative estimate of drug-likeness (QED) is 0.770. The Morgan fingerprint density at radius 3 is 2.80 bits per heavy atom. The topological polar surface area (TPSA) is 65.1 Å². The van der Waals surface area contributed by atoms with Crippen LogP contribution < -0.4 is 4.74 Å². The number of sulfonamides is 1. The van der Waals surface area contributed by atoms with Gasteiger partial charge in [-0.25, -0.2) is 8.42 Å². The summed E-state index contributed by atoms with van der Waals surface area (Å²) >= 11 is 0. The van der Waals surface area contributed by atoms with Crippen molar-refractivity contribution in [2.75, 3.05) is 33.4 Å². The first-order valence-electron chi connectivity index (χ1n) is 8.91. The van der Waals surface area contributed by atoms with Gasteiger partial charge in [0, 0.05) is 38.8 Å². The van der Waals surface area contributed by atoms with E-state index in [4.69, 9.17) is 14.2 Å². The lowest BCUT2D eigenvalue weighted by molar-refractivity contribution is -0.179. The van der Waals surface area contributed by atoms with Crippen molar-refractivity contribution in [2.45, 2.75) is 42.3 Å². The molecule has 2 heterocycles. The van der Waals surface area contributed by atoms with Crippen LogP contribution in [0.4, 0.5) is 0 Å². The first-order chi connectivity index (χ1) is 12.0. The summed E-state index contributed by atoms with van der Waals surface area (Å²) in [5.41, 5.74) is -0.377. The number of methoxy groups -OCH3 is 1. The Balaban J connectivity index is 1.39. The van der Waals surface area contributed by atoms with Crippen LogP contribution in [0.25, 0.3) is 0 Å². The van der Waals surface area contributed by atoms with E-state index in [1.165, 1.54) is 24.3 Å². The molecule has 1 aromatic rings. The summed E-state index contributed by atoms with van der Waals surface area (Å²) in [5.74, 6) is 1.28. The molecule has 0 bridgehead atoms. The van der Waals surface area contributed by atoms with Gasteiger partial charge >= 0.3 is 0 Å². The molecular weight excluding hydrogens is 342 g/mol. The van der Waals surface area contributed by atoms with E-state index < -0.39 is 10.0 Å². The van der Waals surface area contributed by atoms with Gasteiger partial charge in [-0.05, 0) is 37.3 Å². The van der Waals surface area contributed by atoms with Gasteiger partial charge in [0.15, 0.2) is 0 Å². The number of hydrogen-bond donors (Lipinski definition) is 0. The van der Waals surface area contributed by atoms with Crippen molar-refractivity contribution in [2.24, 2.45) is 5.92 Å². The van der Waals surface area contributed by atoms with Crippen LogP contribution in [0.3, 0.4) is 0 Å². The molecular formula is C18H25NO5S. The molecule has 6 nitrogen and oxygen atoms in total. The lowest BCUT2D eigenvalue weighted by Gasteiger charge is -2.52. The molecule has 25 heavy (non-hydrogen) atoms. The van der Waals surface area contributed by atoms with Crippen molar-refractivity contribution in [1.82, 2.24) is 4.31 Å². The molecule has 3 aliphatic rings. The summed E-state index contributed by atoms with van der Waals surface area (Å²) < 4.78 is 44.2. The highest BCUT2D eigenvalue weighted by molar-refractivity contribution is 7.89. The summed E-state index contributed by atoms with van der Waals surface area (Å²) in [6, 6.07) is 6.60. The van der Waals surface area contributed by atoms with Crippen molar-refractivity contribution in [3.63, 3.8) is 0 Å². The van der Waals surface area contributed by atoms with Gasteiger partial charge in [-0.3, -0.25) is 0 Å². The van der Waals surface area contributed by atoms with Gasteiger partial charge in [0.25, 0.3) is 0 Å². The zero-order valence-electron chi connectivity index (χ0n) is 14.5. The maximum Gasteiger partial charge on any atom is 0.243 e. The fourth-order valence-electron chi connectivity index (χ4n) is 3.58. The van der Waals surface area contributed by atoms with E-state index in [9.17, 15) is 8.42 Å². The summed E-state index contributed by atoms with van der Waals surface area (Å²) in [7, 11) is -1.98. The summed E-state index contributed by atoms with van der Waals surface area (Å²) in [6.07, 6.45) is 4.43. The Kier molecular flexibility index (Phi) is 4.52. The predicted octanol–water partition coefficient (Wildman–Crippen LogP) is 2.04. The molecule has 1 saturated carbocycles. The average molecular weight is 367 g/mol. The minimum Gasteiger partial charge on any atom is -0.497 e. The van der Waals surface area contributed by atoms with E-state index >= 15 is 0 Å². The van der Waals surface area contributed by atoms with Crippen LogP contribution in [0.5, 0.6) is 5.75 Å². The molecule has 1 aromatic carbocycles. The zero-order valence-corrected chi connectivity index (χ0v) is 15.3. The van der Waals surface area contributed by atoms with E-state index in [2.05, 4.69) is 0 Å². The first kappa shape index (κ1) is 17.3. The van der Waals surface area contributed by atoms with Crippen LogP contribution in [0, 0.1) is 5.92 Å². The van der Waals surface area contributed by atoms with Crippen molar-refractivity contribution in [1.29, 1.82) is 0 Å². The van der Waals surface area contributed by atoms with Gasteiger partial charge in [0.2, 0.25) is 10.0 Å². The fourth-order valence-corrected chi connectivity index (χ4v) is 5.20. The number of ether oxygens (including phenoxy) is 3. The molecule has 0 radical (unpaired) electrons. The van der Waals surface area contributed by atoms with Crippen molar-refractivity contribution < 1.29 is 22.6 Å². The Morgan fingerprint density at radius 1 is 1.28 bits per heavy atom. The van der Waals surface area contributed by atoms with E-state index in [1.807, 2.05) is 0 Å². The average Bonchev–Trinajstić information content (AvgIpc) is 3.42. The molecule has 7 heteroatoms. The molecule has 1 spiro atoms. The second-order valence-electron chi connectivity index (χ2n) is 7.38. The Morgan fingerprint density at radius 2 is 2.08 bits per heavy atom. The Bertz CT molecular complexity index is 725. The third-order valence-corrected chi connectivity index (χ3v) is 7.11. The molecule has 1 atom stereocenters. The number of hydrogen-bond acceptors (Lipinski definition) is 5. The lowest BCUT2D eigenvalue weighted by atomic mass is 9.86. The molecule has 0 aromatic heterocycles. The first-order valence-corrected chi connectivity index (χ1v) is 10.3. The molecule has 3 fully saturated rings. The van der Waals surface area contributed by atoms with Gasteiger partial charge in [-0.15, -0.1) is 0 Å². The highest BCUT2D eigenvalue weighted by Crippen LogP contribution is 2.39. The standard InChI is InChI=1S/C18H25NO5S/c1-22-15-3-2-4-17(9-15)25(20,21)19-12-18(13-19)10-16(7-8-24-18)23-11-14-5-6-14/h2-4,9,14,16H,5-8,10-13H2,1H3/t16-/m0/s1. The molecule has 2 saturated heterocycles. The van der Waals surface area contributed by atoms with Gasteiger partial charge in [-0.2, -0.15) is 4.31 Å². The smallest absolute Gasteiger partial charge is 0.243 e. The maximum atomic E-state index is 12.8. The van der Waals surface area contributed by atoms with Crippen molar-refractivity contribution in [3.05, 3.63) is 24.3 Å². The summed E-state index contributed by atoms with van der Waals surface area (Å²) in [4.78, 5) is 0.263. The van der Waals surface area contributed by atoms with Crippen molar-refractivity contribution >= 4 is 10.0 Å². The van der Waals surface area contributed by atoms with Gasteiger partial charge in [-0.1, -0.05) is 6.07 Å². The zero-order chi connectivity index (χ0) is 17.5. The van der Waals surface area contributed by atoms with Crippen LogP contribution in [0.15, 0.2) is 29.2 Å². The monoisotopic (exact) mass is 367 g/mol. The summed E-state index contributed by atoms with van der Waals surface area (Å²) in [6.45, 7) is 2.28. The highest BCUT2D eigenvalue weighted by Gasteiger charge is 2.52. The number of rotatable bonds is 6. The fraction of sp³-hybridized carbons (Fsp3) is 0.667. The second-order valence-corrected chi connectivity index (χ2v) is 9.31. The normalized spacial score (nSPS) is 26.4. The molecule has 4 rings (SSSR count). The molecule has 0 amide bonds. The third kappa shape index (κ3) is 3.56. The molecule has 0 unspecified atom stereocenters. The van der Waals surface area contributed by atoms with Crippen LogP contribution in [0.1, 0.15) is 25.7 Å². The van der Waals surface area contributed by atoms with Crippen LogP contribution >= 0.6 is 0 Å². The van der Waals surface area contributed by atoms with E-state index in [0.29, 0.717) is 25.4 Å². The van der Waals surface area contributed by atoms with Crippen LogP contribution in [-0.2, 0) is 19.5 Å². The number of benzene rings is 1.